The first-order valence-electron chi connectivity index (χ1n) is 7.34. The lowest BCUT2D eigenvalue weighted by Gasteiger charge is -2.37. The van der Waals surface area contributed by atoms with Crippen LogP contribution < -0.4 is 5.32 Å². The molecule has 1 aromatic rings. The van der Waals surface area contributed by atoms with Gasteiger partial charge in [0.15, 0.2) is 0 Å². The summed E-state index contributed by atoms with van der Waals surface area (Å²) in [5, 5.41) is 2.61. The molecule has 0 radical (unpaired) electrons. The molecule has 1 fully saturated rings. The first-order valence-corrected chi connectivity index (χ1v) is 8.90. The number of carbonyl (C=O) groups is 1. The number of amides is 2. The molecule has 1 N–H and O–H groups in total. The molecule has 128 valence electrons. The minimum absolute atomic E-state index is 0.138. The number of hydrogen-bond acceptors (Lipinski definition) is 2. The molecular formula is C15H19F3N2O2S. The van der Waals surface area contributed by atoms with Gasteiger partial charge < -0.3 is 10.2 Å². The zero-order valence-electron chi connectivity index (χ0n) is 12.7. The van der Waals surface area contributed by atoms with Crippen molar-refractivity contribution in [2.24, 2.45) is 0 Å². The van der Waals surface area contributed by atoms with Gasteiger partial charge in [-0.15, -0.1) is 0 Å². The molecule has 1 aliphatic carbocycles. The van der Waals surface area contributed by atoms with Crippen molar-refractivity contribution in [3.05, 3.63) is 24.3 Å². The summed E-state index contributed by atoms with van der Waals surface area (Å²) in [6.45, 7) is -0.348. The van der Waals surface area contributed by atoms with Crippen molar-refractivity contribution >= 4 is 22.5 Å². The average molecular weight is 348 g/mol. The maximum absolute atomic E-state index is 12.4. The normalized spacial score (nSPS) is 16.5. The quantitative estimate of drug-likeness (QED) is 0.881. The van der Waals surface area contributed by atoms with Gasteiger partial charge in [0.1, 0.15) is 0 Å². The van der Waals surface area contributed by atoms with E-state index >= 15 is 0 Å². The van der Waals surface area contributed by atoms with Crippen molar-refractivity contribution in [3.8, 4) is 0 Å². The molecule has 0 heterocycles. The highest BCUT2D eigenvalue weighted by Crippen LogP contribution is 2.28. The van der Waals surface area contributed by atoms with Gasteiger partial charge in [-0.3, -0.25) is 4.21 Å². The van der Waals surface area contributed by atoms with Crippen LogP contribution >= 0.6 is 0 Å². The van der Waals surface area contributed by atoms with E-state index in [0.29, 0.717) is 10.6 Å². The van der Waals surface area contributed by atoms with E-state index in [1.807, 2.05) is 0 Å². The molecule has 1 atom stereocenters. The Labute approximate surface area is 135 Å². The van der Waals surface area contributed by atoms with E-state index < -0.39 is 29.4 Å². The highest BCUT2D eigenvalue weighted by Gasteiger charge is 2.33. The Balaban J connectivity index is 2.05. The smallest absolute Gasteiger partial charge is 0.321 e. The van der Waals surface area contributed by atoms with E-state index in [1.165, 1.54) is 11.2 Å². The van der Waals surface area contributed by atoms with E-state index in [2.05, 4.69) is 5.32 Å². The third-order valence-electron chi connectivity index (χ3n) is 3.83. The number of hydrogen-bond donors (Lipinski definition) is 1. The topological polar surface area (TPSA) is 49.4 Å². The Hall–Kier alpha value is -1.57. The number of nitrogens with zero attached hydrogens (tertiary/aromatic N) is 1. The lowest BCUT2D eigenvalue weighted by atomic mass is 9.91. The summed E-state index contributed by atoms with van der Waals surface area (Å²) >= 11 is 0. The molecule has 1 saturated carbocycles. The highest BCUT2D eigenvalue weighted by atomic mass is 32.2. The van der Waals surface area contributed by atoms with Crippen LogP contribution in [0.15, 0.2) is 29.2 Å². The van der Waals surface area contributed by atoms with Crippen molar-refractivity contribution in [1.29, 1.82) is 0 Å². The summed E-state index contributed by atoms with van der Waals surface area (Å²) < 4.78 is 48.8. The second-order valence-corrected chi connectivity index (χ2v) is 6.94. The number of halogens is 3. The van der Waals surface area contributed by atoms with Crippen LogP contribution in [0, 0.1) is 0 Å². The maximum Gasteiger partial charge on any atom is 0.390 e. The predicted molar refractivity (Wildman–Crippen MR) is 82.8 cm³/mol. The molecule has 4 nitrogen and oxygen atoms in total. The number of carbonyl (C=O) groups excluding carboxylic acids is 1. The van der Waals surface area contributed by atoms with Gasteiger partial charge in [0.2, 0.25) is 0 Å². The van der Waals surface area contributed by atoms with Gasteiger partial charge in [-0.2, -0.15) is 13.2 Å². The fourth-order valence-corrected chi connectivity index (χ4v) is 2.91. The minimum Gasteiger partial charge on any atom is -0.321 e. The summed E-state index contributed by atoms with van der Waals surface area (Å²) in [7, 11) is -1.19. The molecule has 1 aromatic carbocycles. The molecule has 0 bridgehead atoms. The van der Waals surface area contributed by atoms with E-state index in [-0.39, 0.29) is 12.6 Å². The van der Waals surface area contributed by atoms with Gasteiger partial charge in [-0.1, -0.05) is 6.07 Å². The SMILES string of the molecule is CS(=O)c1cccc(NC(=O)N(CCC(F)(F)F)C2CCC2)c1. The monoisotopic (exact) mass is 348 g/mol. The van der Waals surface area contributed by atoms with Crippen LogP contribution in [0.4, 0.5) is 23.7 Å². The first-order chi connectivity index (χ1) is 10.8. The van der Waals surface area contributed by atoms with Crippen LogP contribution in [0.3, 0.4) is 0 Å². The standard InChI is InChI=1S/C15H19F3N2O2S/c1-23(22)13-7-2-4-11(10-13)19-14(21)20(12-5-3-6-12)9-8-15(16,17)18/h2,4,7,10,12H,3,5-6,8-9H2,1H3,(H,19,21). The molecule has 0 aromatic heterocycles. The molecule has 1 unspecified atom stereocenters. The molecule has 23 heavy (non-hydrogen) atoms. The third-order valence-corrected chi connectivity index (χ3v) is 4.75. The van der Waals surface area contributed by atoms with E-state index in [1.54, 1.807) is 24.3 Å². The van der Waals surface area contributed by atoms with Crippen molar-refractivity contribution in [1.82, 2.24) is 4.90 Å². The van der Waals surface area contributed by atoms with Crippen molar-refractivity contribution in [2.75, 3.05) is 18.1 Å². The van der Waals surface area contributed by atoms with Crippen molar-refractivity contribution in [3.63, 3.8) is 0 Å². The van der Waals surface area contributed by atoms with E-state index in [9.17, 15) is 22.2 Å². The van der Waals surface area contributed by atoms with Crippen LogP contribution in [-0.2, 0) is 10.8 Å². The zero-order valence-corrected chi connectivity index (χ0v) is 13.5. The Morgan fingerprint density at radius 3 is 2.61 bits per heavy atom. The zero-order chi connectivity index (χ0) is 17.0. The Morgan fingerprint density at radius 1 is 1.39 bits per heavy atom. The summed E-state index contributed by atoms with van der Waals surface area (Å²) in [6.07, 6.45) is -1.42. The summed E-state index contributed by atoms with van der Waals surface area (Å²) in [5.41, 5.74) is 0.430. The van der Waals surface area contributed by atoms with Gasteiger partial charge in [-0.05, 0) is 37.5 Å². The molecule has 2 rings (SSSR count). The van der Waals surface area contributed by atoms with Crippen LogP contribution in [0.25, 0.3) is 0 Å². The predicted octanol–water partition coefficient (Wildman–Crippen LogP) is 3.76. The summed E-state index contributed by atoms with van der Waals surface area (Å²) in [6, 6.07) is 5.82. The van der Waals surface area contributed by atoms with Crippen molar-refractivity contribution < 1.29 is 22.2 Å². The second-order valence-electron chi connectivity index (χ2n) is 5.56. The third kappa shape index (κ3) is 5.23. The molecular weight excluding hydrogens is 329 g/mol. The van der Waals surface area contributed by atoms with Gasteiger partial charge in [0.05, 0.1) is 6.42 Å². The number of nitrogens with one attached hydrogen (secondary N) is 1. The fourth-order valence-electron chi connectivity index (χ4n) is 2.34. The largest absolute Gasteiger partial charge is 0.390 e. The summed E-state index contributed by atoms with van der Waals surface area (Å²) in [5.74, 6) is 0. The molecule has 0 saturated heterocycles. The molecule has 2 amide bonds. The number of anilines is 1. The molecule has 8 heteroatoms. The molecule has 0 aliphatic heterocycles. The molecule has 0 spiro atoms. The van der Waals surface area contributed by atoms with Crippen molar-refractivity contribution in [2.45, 2.75) is 42.8 Å². The minimum atomic E-state index is -4.29. The highest BCUT2D eigenvalue weighted by molar-refractivity contribution is 7.84. The van der Waals surface area contributed by atoms with Crippen LogP contribution in [0.5, 0.6) is 0 Å². The van der Waals surface area contributed by atoms with Gasteiger partial charge in [0, 0.05) is 40.2 Å². The van der Waals surface area contributed by atoms with E-state index in [0.717, 1.165) is 19.3 Å². The Bertz CT molecular complexity index is 588. The lowest BCUT2D eigenvalue weighted by Crippen LogP contribution is -2.47. The van der Waals surface area contributed by atoms with Crippen LogP contribution in [-0.4, -0.2) is 40.2 Å². The Kier molecular flexibility index (Phi) is 5.67. The number of alkyl halides is 3. The maximum atomic E-state index is 12.4. The number of rotatable bonds is 5. The van der Waals surface area contributed by atoms with Crippen LogP contribution in [0.1, 0.15) is 25.7 Å². The average Bonchev–Trinajstić information content (AvgIpc) is 2.40. The number of benzene rings is 1. The van der Waals surface area contributed by atoms with E-state index in [4.69, 9.17) is 0 Å². The Morgan fingerprint density at radius 2 is 2.09 bits per heavy atom. The summed E-state index contributed by atoms with van der Waals surface area (Å²) in [4.78, 5) is 14.1. The molecule has 1 aliphatic rings. The van der Waals surface area contributed by atoms with Gasteiger partial charge in [-0.25, -0.2) is 4.79 Å². The number of urea groups is 1. The van der Waals surface area contributed by atoms with Crippen LogP contribution in [0.2, 0.25) is 0 Å². The second kappa shape index (κ2) is 7.33. The van der Waals surface area contributed by atoms with Gasteiger partial charge >= 0.3 is 12.2 Å². The fraction of sp³-hybridized carbons (Fsp3) is 0.533. The first kappa shape index (κ1) is 17.8. The van der Waals surface area contributed by atoms with Gasteiger partial charge in [0.25, 0.3) is 0 Å². The lowest BCUT2D eigenvalue weighted by molar-refractivity contribution is -0.137.